The van der Waals surface area contributed by atoms with Gasteiger partial charge in [-0.3, -0.25) is 14.6 Å². The van der Waals surface area contributed by atoms with E-state index in [1.54, 1.807) is 18.2 Å². The van der Waals surface area contributed by atoms with Gasteiger partial charge >= 0.3 is 0 Å². The van der Waals surface area contributed by atoms with Gasteiger partial charge in [-0.15, -0.1) is 0 Å². The number of nitrogens with zero attached hydrogens (tertiary/aromatic N) is 2. The van der Waals surface area contributed by atoms with Gasteiger partial charge in [0.2, 0.25) is 5.91 Å². The van der Waals surface area contributed by atoms with Crippen molar-refractivity contribution in [2.75, 3.05) is 26.4 Å². The predicted molar refractivity (Wildman–Crippen MR) is 116 cm³/mol. The highest BCUT2D eigenvalue weighted by atomic mass is 16.6. The normalized spacial score (nSPS) is 19.4. The number of hydrogen-bond acceptors (Lipinski definition) is 6. The zero-order valence-electron chi connectivity index (χ0n) is 18.2. The van der Waals surface area contributed by atoms with E-state index in [0.29, 0.717) is 56.5 Å². The molecule has 2 aromatic rings. The van der Waals surface area contributed by atoms with Crippen molar-refractivity contribution < 1.29 is 23.8 Å². The standard InChI is InChI=1S/C24H27N3O5/c1-15-19(13-26-23(28)21-3-2-8-30-21)18-6-7-27(14-17(18)12-25-15)24(29)16-4-5-20-22(11-16)32-10-9-31-20/h4-5,11-12,21H,2-3,6-10,13-14H2,1H3,(H,26,28). The number of ether oxygens (including phenoxy) is 3. The van der Waals surface area contributed by atoms with Crippen LogP contribution >= 0.6 is 0 Å². The minimum atomic E-state index is -0.345. The van der Waals surface area contributed by atoms with Crippen LogP contribution in [-0.2, 0) is 29.0 Å². The Kier molecular flexibility index (Phi) is 5.70. The summed E-state index contributed by atoms with van der Waals surface area (Å²) in [6.07, 6.45) is 3.92. The molecule has 1 fully saturated rings. The molecule has 168 valence electrons. The molecule has 0 radical (unpaired) electrons. The van der Waals surface area contributed by atoms with E-state index in [-0.39, 0.29) is 17.9 Å². The molecule has 32 heavy (non-hydrogen) atoms. The van der Waals surface area contributed by atoms with E-state index in [0.717, 1.165) is 36.1 Å². The monoisotopic (exact) mass is 437 g/mol. The van der Waals surface area contributed by atoms with Crippen LogP contribution in [0.5, 0.6) is 11.5 Å². The number of hydrogen-bond donors (Lipinski definition) is 1. The number of pyridine rings is 1. The first-order valence-electron chi connectivity index (χ1n) is 11.1. The number of aryl methyl sites for hydroxylation is 1. The van der Waals surface area contributed by atoms with Gasteiger partial charge in [0, 0.05) is 43.7 Å². The smallest absolute Gasteiger partial charge is 0.254 e. The van der Waals surface area contributed by atoms with Crippen LogP contribution in [-0.4, -0.2) is 54.2 Å². The van der Waals surface area contributed by atoms with Crippen LogP contribution < -0.4 is 14.8 Å². The lowest BCUT2D eigenvalue weighted by Crippen LogP contribution is -2.38. The zero-order valence-corrected chi connectivity index (χ0v) is 18.2. The molecule has 3 aliphatic heterocycles. The Morgan fingerprint density at radius 3 is 2.84 bits per heavy atom. The molecular weight excluding hydrogens is 410 g/mol. The number of carbonyl (C=O) groups is 2. The molecule has 0 spiro atoms. The molecule has 1 unspecified atom stereocenters. The lowest BCUT2D eigenvalue weighted by Gasteiger charge is -2.31. The van der Waals surface area contributed by atoms with Crippen LogP contribution in [0.4, 0.5) is 0 Å². The van der Waals surface area contributed by atoms with Gasteiger partial charge in [0.25, 0.3) is 5.91 Å². The van der Waals surface area contributed by atoms with Gasteiger partial charge in [-0.2, -0.15) is 0 Å². The molecule has 0 saturated carbocycles. The molecule has 1 saturated heterocycles. The second-order valence-corrected chi connectivity index (χ2v) is 8.38. The first-order valence-corrected chi connectivity index (χ1v) is 11.1. The number of benzene rings is 1. The molecule has 1 aromatic heterocycles. The third-order valence-electron chi connectivity index (χ3n) is 6.33. The largest absolute Gasteiger partial charge is 0.486 e. The van der Waals surface area contributed by atoms with Crippen molar-refractivity contribution in [3.8, 4) is 11.5 Å². The fraction of sp³-hybridized carbons (Fsp3) is 0.458. The lowest BCUT2D eigenvalue weighted by molar-refractivity contribution is -0.130. The third-order valence-corrected chi connectivity index (χ3v) is 6.33. The van der Waals surface area contributed by atoms with Crippen molar-refractivity contribution in [3.05, 3.63) is 52.3 Å². The number of amides is 2. The summed E-state index contributed by atoms with van der Waals surface area (Å²) in [6, 6.07) is 5.33. The van der Waals surface area contributed by atoms with Crippen molar-refractivity contribution >= 4 is 11.8 Å². The number of fused-ring (bicyclic) bond motifs is 2. The minimum absolute atomic E-state index is 0.0403. The molecule has 3 aliphatic rings. The molecule has 8 nitrogen and oxygen atoms in total. The first-order chi connectivity index (χ1) is 15.6. The highest BCUT2D eigenvalue weighted by molar-refractivity contribution is 5.95. The van der Waals surface area contributed by atoms with Crippen LogP contribution in [0.3, 0.4) is 0 Å². The number of aromatic nitrogens is 1. The average molecular weight is 437 g/mol. The van der Waals surface area contributed by atoms with Crippen LogP contribution in [0.1, 0.15) is 45.6 Å². The first kappa shape index (κ1) is 20.8. The van der Waals surface area contributed by atoms with Crippen molar-refractivity contribution in [2.24, 2.45) is 0 Å². The maximum atomic E-state index is 13.1. The van der Waals surface area contributed by atoms with Crippen molar-refractivity contribution in [3.63, 3.8) is 0 Å². The van der Waals surface area contributed by atoms with E-state index in [1.165, 1.54) is 5.56 Å². The summed E-state index contributed by atoms with van der Waals surface area (Å²) in [5.74, 6) is 1.18. The predicted octanol–water partition coefficient (Wildman–Crippen LogP) is 2.15. The minimum Gasteiger partial charge on any atom is -0.486 e. The molecule has 4 heterocycles. The van der Waals surface area contributed by atoms with Gasteiger partial charge in [0.1, 0.15) is 19.3 Å². The fourth-order valence-corrected chi connectivity index (χ4v) is 4.56. The molecule has 5 rings (SSSR count). The fourth-order valence-electron chi connectivity index (χ4n) is 4.56. The maximum absolute atomic E-state index is 13.1. The van der Waals surface area contributed by atoms with E-state index in [1.807, 2.05) is 18.0 Å². The summed E-state index contributed by atoms with van der Waals surface area (Å²) in [6.45, 7) is 5.13. The molecule has 2 amide bonds. The van der Waals surface area contributed by atoms with Crippen LogP contribution in [0.15, 0.2) is 24.4 Å². The molecular formula is C24H27N3O5. The Hall–Kier alpha value is -3.13. The lowest BCUT2D eigenvalue weighted by atomic mass is 9.94. The van der Waals surface area contributed by atoms with E-state index in [9.17, 15) is 9.59 Å². The Labute approximate surface area is 186 Å². The van der Waals surface area contributed by atoms with Crippen LogP contribution in [0, 0.1) is 6.92 Å². The second kappa shape index (κ2) is 8.78. The molecule has 1 aromatic carbocycles. The van der Waals surface area contributed by atoms with Crippen LogP contribution in [0.25, 0.3) is 0 Å². The van der Waals surface area contributed by atoms with Gasteiger partial charge < -0.3 is 24.4 Å². The highest BCUT2D eigenvalue weighted by Crippen LogP contribution is 2.32. The Bertz CT molecular complexity index is 1050. The summed E-state index contributed by atoms with van der Waals surface area (Å²) < 4.78 is 16.6. The summed E-state index contributed by atoms with van der Waals surface area (Å²) in [5, 5.41) is 3.01. The Morgan fingerprint density at radius 2 is 2.03 bits per heavy atom. The van der Waals surface area contributed by atoms with Gasteiger partial charge in [-0.05, 0) is 61.1 Å². The summed E-state index contributed by atoms with van der Waals surface area (Å²) in [5.41, 5.74) is 4.73. The summed E-state index contributed by atoms with van der Waals surface area (Å²) in [7, 11) is 0. The van der Waals surface area contributed by atoms with Crippen molar-refractivity contribution in [2.45, 2.75) is 45.4 Å². The van der Waals surface area contributed by atoms with Crippen molar-refractivity contribution in [1.82, 2.24) is 15.2 Å². The number of rotatable bonds is 4. The number of carbonyl (C=O) groups excluding carboxylic acids is 2. The van der Waals surface area contributed by atoms with E-state index >= 15 is 0 Å². The third kappa shape index (κ3) is 4.02. The Balaban J connectivity index is 1.30. The van der Waals surface area contributed by atoms with Crippen LogP contribution in [0.2, 0.25) is 0 Å². The molecule has 8 heteroatoms. The summed E-state index contributed by atoms with van der Waals surface area (Å²) in [4.78, 5) is 31.9. The number of nitrogens with one attached hydrogen (secondary N) is 1. The molecule has 0 bridgehead atoms. The quantitative estimate of drug-likeness (QED) is 0.789. The zero-order chi connectivity index (χ0) is 22.1. The van der Waals surface area contributed by atoms with Gasteiger partial charge in [0.15, 0.2) is 11.5 Å². The SMILES string of the molecule is Cc1ncc2c(c1CNC(=O)C1CCCO1)CCN(C(=O)c1ccc3c(c1)OCCO3)C2. The maximum Gasteiger partial charge on any atom is 0.254 e. The molecule has 1 N–H and O–H groups in total. The molecule has 1 atom stereocenters. The van der Waals surface area contributed by atoms with E-state index in [4.69, 9.17) is 14.2 Å². The van der Waals surface area contributed by atoms with E-state index < -0.39 is 0 Å². The topological polar surface area (TPSA) is 90.0 Å². The van der Waals surface area contributed by atoms with Gasteiger partial charge in [0.05, 0.1) is 0 Å². The van der Waals surface area contributed by atoms with Gasteiger partial charge in [-0.25, -0.2) is 0 Å². The van der Waals surface area contributed by atoms with Gasteiger partial charge in [-0.1, -0.05) is 0 Å². The molecule has 0 aliphatic carbocycles. The average Bonchev–Trinajstić information content (AvgIpc) is 3.37. The van der Waals surface area contributed by atoms with Crippen molar-refractivity contribution in [1.29, 1.82) is 0 Å². The van der Waals surface area contributed by atoms with E-state index in [2.05, 4.69) is 10.3 Å². The second-order valence-electron chi connectivity index (χ2n) is 8.38. The summed E-state index contributed by atoms with van der Waals surface area (Å²) >= 11 is 0. The highest BCUT2D eigenvalue weighted by Gasteiger charge is 2.27. The Morgan fingerprint density at radius 1 is 1.19 bits per heavy atom.